The molecule has 0 fully saturated rings. The Kier molecular flexibility index (Phi) is 4.94. The number of aliphatic hydroxyl groups excluding tert-OH is 1. The van der Waals surface area contributed by atoms with Crippen LogP contribution in [0.2, 0.25) is 0 Å². The van der Waals surface area contributed by atoms with Crippen molar-refractivity contribution in [3.05, 3.63) is 11.9 Å². The van der Waals surface area contributed by atoms with E-state index in [1.807, 2.05) is 11.8 Å². The van der Waals surface area contributed by atoms with Crippen LogP contribution in [-0.4, -0.2) is 48.5 Å². The van der Waals surface area contributed by atoms with E-state index >= 15 is 0 Å². The van der Waals surface area contributed by atoms with E-state index in [-0.39, 0.29) is 6.61 Å². The van der Waals surface area contributed by atoms with Crippen molar-refractivity contribution < 1.29 is 9.84 Å². The van der Waals surface area contributed by atoms with Crippen LogP contribution >= 0.6 is 0 Å². The van der Waals surface area contributed by atoms with Gasteiger partial charge in [-0.2, -0.15) is 0 Å². The van der Waals surface area contributed by atoms with E-state index in [9.17, 15) is 0 Å². The first kappa shape index (κ1) is 12.7. The fourth-order valence-electron chi connectivity index (χ4n) is 1.42. The van der Waals surface area contributed by atoms with Crippen LogP contribution in [0.25, 0.3) is 0 Å². The molecule has 0 aliphatic carbocycles. The highest BCUT2D eigenvalue weighted by molar-refractivity contribution is 5.55. The molecule has 0 atom stereocenters. The molecule has 0 amide bonds. The number of anilines is 2. The Bertz CT molecular complexity index is 333. The molecule has 0 saturated carbocycles. The third-order valence-corrected chi connectivity index (χ3v) is 2.33. The number of aromatic nitrogens is 2. The molecule has 6 nitrogen and oxygen atoms in total. The van der Waals surface area contributed by atoms with Gasteiger partial charge in [-0.15, -0.1) is 0 Å². The summed E-state index contributed by atoms with van der Waals surface area (Å²) in [5.74, 6) is 1.21. The minimum atomic E-state index is 0.0626. The average molecular weight is 226 g/mol. The van der Waals surface area contributed by atoms with Gasteiger partial charge in [0, 0.05) is 25.8 Å². The lowest BCUT2D eigenvalue weighted by molar-refractivity contribution is 0.202. The largest absolute Gasteiger partial charge is 0.395 e. The van der Waals surface area contributed by atoms with E-state index < -0.39 is 0 Å². The van der Waals surface area contributed by atoms with E-state index in [0.717, 1.165) is 11.4 Å². The van der Waals surface area contributed by atoms with Crippen molar-refractivity contribution >= 4 is 11.6 Å². The molecule has 0 aromatic carbocycles. The number of hydrogen-bond acceptors (Lipinski definition) is 6. The summed E-state index contributed by atoms with van der Waals surface area (Å²) in [6.07, 6.45) is 1.43. The lowest BCUT2D eigenvalue weighted by Gasteiger charge is -2.24. The molecule has 0 aliphatic heterocycles. The molecule has 1 heterocycles. The number of nitrogen functional groups attached to an aromatic ring is 1. The maximum Gasteiger partial charge on any atom is 0.137 e. The summed E-state index contributed by atoms with van der Waals surface area (Å²) in [5.41, 5.74) is 6.54. The molecule has 1 aromatic heterocycles. The molecule has 0 saturated heterocycles. The van der Waals surface area contributed by atoms with Crippen molar-refractivity contribution in [1.82, 2.24) is 9.97 Å². The number of hydrogen-bond donors (Lipinski definition) is 2. The van der Waals surface area contributed by atoms with Gasteiger partial charge in [-0.05, 0) is 6.92 Å². The summed E-state index contributed by atoms with van der Waals surface area (Å²) in [6.45, 7) is 3.66. The molecule has 6 heteroatoms. The van der Waals surface area contributed by atoms with E-state index in [0.29, 0.717) is 25.5 Å². The molecule has 3 N–H and O–H groups in total. The Morgan fingerprint density at radius 1 is 1.44 bits per heavy atom. The van der Waals surface area contributed by atoms with Crippen LogP contribution in [0.3, 0.4) is 0 Å². The van der Waals surface area contributed by atoms with Gasteiger partial charge in [0.1, 0.15) is 18.0 Å². The third-order valence-electron chi connectivity index (χ3n) is 2.33. The maximum atomic E-state index is 9.00. The van der Waals surface area contributed by atoms with Crippen LogP contribution in [0.4, 0.5) is 11.6 Å². The molecule has 0 aliphatic rings. The summed E-state index contributed by atoms with van der Waals surface area (Å²) in [4.78, 5) is 10.0. The highest BCUT2D eigenvalue weighted by Crippen LogP contribution is 2.19. The first-order valence-electron chi connectivity index (χ1n) is 5.12. The second kappa shape index (κ2) is 6.24. The van der Waals surface area contributed by atoms with Gasteiger partial charge in [0.15, 0.2) is 0 Å². The molecule has 1 aromatic rings. The number of nitrogens with zero attached hydrogens (tertiary/aromatic N) is 3. The predicted octanol–water partition coefficient (Wildman–Crippen LogP) is -0.188. The molecule has 0 radical (unpaired) electrons. The number of methoxy groups -OCH3 is 1. The molecule has 0 bridgehead atoms. The highest BCUT2D eigenvalue weighted by atomic mass is 16.5. The Balaban J connectivity index is 2.86. The zero-order valence-corrected chi connectivity index (χ0v) is 9.68. The van der Waals surface area contributed by atoms with E-state index in [2.05, 4.69) is 9.97 Å². The van der Waals surface area contributed by atoms with Crippen molar-refractivity contribution in [2.45, 2.75) is 6.92 Å². The summed E-state index contributed by atoms with van der Waals surface area (Å²) in [5, 5.41) is 9.00. The van der Waals surface area contributed by atoms with Crippen LogP contribution in [0.5, 0.6) is 0 Å². The minimum Gasteiger partial charge on any atom is -0.395 e. The van der Waals surface area contributed by atoms with Gasteiger partial charge < -0.3 is 20.5 Å². The number of rotatable bonds is 6. The normalized spacial score (nSPS) is 10.4. The average Bonchev–Trinajstić information content (AvgIpc) is 2.28. The van der Waals surface area contributed by atoms with E-state index in [1.54, 1.807) is 7.11 Å². The monoisotopic (exact) mass is 226 g/mol. The summed E-state index contributed by atoms with van der Waals surface area (Å²) in [7, 11) is 1.64. The second-order valence-corrected chi connectivity index (χ2v) is 3.41. The fraction of sp³-hybridized carbons (Fsp3) is 0.600. The molecule has 0 unspecified atom stereocenters. The van der Waals surface area contributed by atoms with E-state index in [1.165, 1.54) is 6.33 Å². The second-order valence-electron chi connectivity index (χ2n) is 3.41. The SMILES string of the molecule is COCCN(CCO)c1ncnc(N)c1C. The Morgan fingerprint density at radius 3 is 2.81 bits per heavy atom. The van der Waals surface area contributed by atoms with Crippen LogP contribution in [0.15, 0.2) is 6.33 Å². The number of aliphatic hydroxyl groups is 1. The first-order chi connectivity index (χ1) is 7.70. The van der Waals surface area contributed by atoms with Crippen LogP contribution < -0.4 is 10.6 Å². The third kappa shape index (κ3) is 3.04. The maximum absolute atomic E-state index is 9.00. The topological polar surface area (TPSA) is 84.5 Å². The van der Waals surface area contributed by atoms with Gasteiger partial charge in [-0.1, -0.05) is 0 Å². The summed E-state index contributed by atoms with van der Waals surface area (Å²) < 4.78 is 5.01. The van der Waals surface area contributed by atoms with Crippen molar-refractivity contribution in [3.63, 3.8) is 0 Å². The zero-order valence-electron chi connectivity index (χ0n) is 9.68. The number of nitrogens with two attached hydrogens (primary N) is 1. The molecule has 1 rings (SSSR count). The Morgan fingerprint density at radius 2 is 2.19 bits per heavy atom. The number of ether oxygens (including phenoxy) is 1. The smallest absolute Gasteiger partial charge is 0.137 e. The van der Waals surface area contributed by atoms with Gasteiger partial charge in [-0.3, -0.25) is 0 Å². The summed E-state index contributed by atoms with van der Waals surface area (Å²) >= 11 is 0. The minimum absolute atomic E-state index is 0.0626. The predicted molar refractivity (Wildman–Crippen MR) is 62.4 cm³/mol. The first-order valence-corrected chi connectivity index (χ1v) is 5.12. The van der Waals surface area contributed by atoms with Gasteiger partial charge >= 0.3 is 0 Å². The van der Waals surface area contributed by atoms with E-state index in [4.69, 9.17) is 15.6 Å². The van der Waals surface area contributed by atoms with Gasteiger partial charge in [0.25, 0.3) is 0 Å². The zero-order chi connectivity index (χ0) is 12.0. The standard InChI is InChI=1S/C10H18N4O2/c1-8-9(11)12-7-13-10(8)14(3-5-15)4-6-16-2/h7,15H,3-6H2,1-2H3,(H2,11,12,13). The van der Waals surface area contributed by atoms with Gasteiger partial charge in [-0.25, -0.2) is 9.97 Å². The van der Waals surface area contributed by atoms with Crippen molar-refractivity contribution in [3.8, 4) is 0 Å². The van der Waals surface area contributed by atoms with Crippen molar-refractivity contribution in [2.24, 2.45) is 0 Å². The Hall–Kier alpha value is -1.40. The fourth-order valence-corrected chi connectivity index (χ4v) is 1.42. The van der Waals surface area contributed by atoms with Crippen LogP contribution in [0, 0.1) is 6.92 Å². The molecule has 90 valence electrons. The van der Waals surface area contributed by atoms with Gasteiger partial charge in [0.05, 0.1) is 13.2 Å². The quantitative estimate of drug-likeness (QED) is 0.699. The van der Waals surface area contributed by atoms with Crippen molar-refractivity contribution in [2.75, 3.05) is 44.0 Å². The Labute approximate surface area is 95.1 Å². The van der Waals surface area contributed by atoms with Crippen molar-refractivity contribution in [1.29, 1.82) is 0 Å². The summed E-state index contributed by atoms with van der Waals surface area (Å²) in [6, 6.07) is 0. The lowest BCUT2D eigenvalue weighted by Crippen LogP contribution is -2.31. The van der Waals surface area contributed by atoms with Crippen LogP contribution in [0.1, 0.15) is 5.56 Å². The molecular weight excluding hydrogens is 208 g/mol. The van der Waals surface area contributed by atoms with Gasteiger partial charge in [0.2, 0.25) is 0 Å². The molecular formula is C10H18N4O2. The molecule has 0 spiro atoms. The lowest BCUT2D eigenvalue weighted by atomic mass is 10.3. The molecule has 16 heavy (non-hydrogen) atoms. The van der Waals surface area contributed by atoms with Crippen LogP contribution in [-0.2, 0) is 4.74 Å². The highest BCUT2D eigenvalue weighted by Gasteiger charge is 2.12.